The summed E-state index contributed by atoms with van der Waals surface area (Å²) in [6.45, 7) is 0. The number of hydrogen-bond acceptors (Lipinski definition) is 3. The van der Waals surface area contributed by atoms with Crippen LogP contribution in [0.4, 0.5) is 22.7 Å². The molecule has 0 radical (unpaired) electrons. The summed E-state index contributed by atoms with van der Waals surface area (Å²) in [5, 5.41) is 8.37. The average molecular weight is 617 g/mol. The molecule has 9 rings (SSSR count). The maximum atomic E-state index is 6.59. The van der Waals surface area contributed by atoms with E-state index in [-0.39, 0.29) is 6.23 Å². The van der Waals surface area contributed by atoms with Gasteiger partial charge in [-0.2, -0.15) is 0 Å². The summed E-state index contributed by atoms with van der Waals surface area (Å²) in [7, 11) is 0. The minimum Gasteiger partial charge on any atom is -0.464 e. The molecule has 0 amide bonds. The lowest BCUT2D eigenvalue weighted by Crippen LogP contribution is -2.09. The second-order valence-corrected chi connectivity index (χ2v) is 12.2. The third kappa shape index (κ3) is 4.94. The smallest absolute Gasteiger partial charge is 0.196 e. The molecule has 48 heavy (non-hydrogen) atoms. The number of nitrogens with zero attached hydrogens (tertiary/aromatic N) is 1. The number of ether oxygens (including phenoxy) is 1. The number of nitrogens with one attached hydrogen (secondary N) is 1. The molecule has 228 valence electrons. The number of anilines is 4. The van der Waals surface area contributed by atoms with Crippen molar-refractivity contribution < 1.29 is 4.74 Å². The van der Waals surface area contributed by atoms with Crippen LogP contribution < -0.4 is 15.0 Å². The van der Waals surface area contributed by atoms with Gasteiger partial charge in [-0.3, -0.25) is 0 Å². The lowest BCUT2D eigenvalue weighted by molar-refractivity contribution is 0.262. The van der Waals surface area contributed by atoms with Crippen molar-refractivity contribution in [1.29, 1.82) is 0 Å². The molecule has 0 fully saturated rings. The zero-order chi connectivity index (χ0) is 31.9. The fourth-order valence-electron chi connectivity index (χ4n) is 6.97. The Kier molecular flexibility index (Phi) is 6.87. The molecule has 0 saturated heterocycles. The predicted octanol–water partition coefficient (Wildman–Crippen LogP) is 12.3. The Morgan fingerprint density at radius 3 is 1.73 bits per heavy atom. The number of benzene rings is 8. The van der Waals surface area contributed by atoms with Gasteiger partial charge in [0.1, 0.15) is 0 Å². The molecule has 0 aliphatic carbocycles. The van der Waals surface area contributed by atoms with Gasteiger partial charge >= 0.3 is 0 Å². The van der Waals surface area contributed by atoms with Crippen molar-refractivity contribution in [2.24, 2.45) is 0 Å². The molecule has 8 aromatic rings. The van der Waals surface area contributed by atoms with Gasteiger partial charge in [-0.25, -0.2) is 0 Å². The Labute approximate surface area is 280 Å². The third-order valence-electron chi connectivity index (χ3n) is 9.30. The van der Waals surface area contributed by atoms with Crippen molar-refractivity contribution in [3.63, 3.8) is 0 Å². The normalized spacial score (nSPS) is 13.5. The molecule has 1 heterocycles. The van der Waals surface area contributed by atoms with Crippen LogP contribution >= 0.6 is 0 Å². The summed E-state index contributed by atoms with van der Waals surface area (Å²) in [5.41, 5.74) is 10.2. The van der Waals surface area contributed by atoms with E-state index >= 15 is 0 Å². The molecule has 8 aromatic carbocycles. The van der Waals surface area contributed by atoms with Crippen molar-refractivity contribution in [2.75, 3.05) is 10.2 Å². The second-order valence-electron chi connectivity index (χ2n) is 12.2. The Bertz CT molecular complexity index is 2380. The van der Waals surface area contributed by atoms with Crippen LogP contribution in [0, 0.1) is 0 Å². The first-order valence-electron chi connectivity index (χ1n) is 16.4. The molecule has 1 unspecified atom stereocenters. The molecule has 1 aliphatic heterocycles. The Morgan fingerprint density at radius 1 is 0.438 bits per heavy atom. The van der Waals surface area contributed by atoms with Crippen LogP contribution in [0.5, 0.6) is 5.75 Å². The first kappa shape index (κ1) is 27.9. The van der Waals surface area contributed by atoms with Gasteiger partial charge in [0.05, 0.1) is 5.69 Å². The van der Waals surface area contributed by atoms with Gasteiger partial charge in [-0.1, -0.05) is 140 Å². The first-order chi connectivity index (χ1) is 23.8. The zero-order valence-electron chi connectivity index (χ0n) is 26.3. The van der Waals surface area contributed by atoms with E-state index in [0.29, 0.717) is 0 Å². The molecule has 3 heteroatoms. The highest BCUT2D eigenvalue weighted by Gasteiger charge is 2.26. The van der Waals surface area contributed by atoms with Gasteiger partial charge in [-0.05, 0) is 80.9 Å². The SMILES string of the molecule is c1ccc(C2Nc3ccc4cccc(-c5ccc(N(c6ccccc6)c6ccc(-c7cccc8ccccc78)cc6)cc5)c4c3O2)cc1. The van der Waals surface area contributed by atoms with E-state index in [1.54, 1.807) is 0 Å². The number of fused-ring (bicyclic) bond motifs is 4. The Hall–Kier alpha value is -6.32. The van der Waals surface area contributed by atoms with Crippen molar-refractivity contribution >= 4 is 44.3 Å². The molecule has 1 N–H and O–H groups in total. The highest BCUT2D eigenvalue weighted by molar-refractivity contribution is 6.05. The van der Waals surface area contributed by atoms with Crippen LogP contribution in [-0.2, 0) is 0 Å². The van der Waals surface area contributed by atoms with E-state index in [2.05, 4.69) is 174 Å². The van der Waals surface area contributed by atoms with Crippen LogP contribution in [-0.4, -0.2) is 0 Å². The van der Waals surface area contributed by atoms with Gasteiger partial charge < -0.3 is 15.0 Å². The average Bonchev–Trinajstić information content (AvgIpc) is 3.61. The lowest BCUT2D eigenvalue weighted by Gasteiger charge is -2.26. The minimum atomic E-state index is -0.214. The van der Waals surface area contributed by atoms with Crippen molar-refractivity contribution in [3.8, 4) is 28.0 Å². The molecule has 0 saturated carbocycles. The Morgan fingerprint density at radius 2 is 1.00 bits per heavy atom. The monoisotopic (exact) mass is 616 g/mol. The van der Waals surface area contributed by atoms with E-state index in [0.717, 1.165) is 56.0 Å². The summed E-state index contributed by atoms with van der Waals surface area (Å²) in [6.07, 6.45) is -0.214. The van der Waals surface area contributed by atoms with Gasteiger partial charge in [0.15, 0.2) is 12.0 Å². The highest BCUT2D eigenvalue weighted by Crippen LogP contribution is 2.47. The fourth-order valence-corrected chi connectivity index (χ4v) is 6.97. The fraction of sp³-hybridized carbons (Fsp3) is 0.0222. The van der Waals surface area contributed by atoms with Crippen molar-refractivity contribution in [3.05, 3.63) is 188 Å². The van der Waals surface area contributed by atoms with E-state index in [1.807, 2.05) is 18.2 Å². The minimum absolute atomic E-state index is 0.214. The second kappa shape index (κ2) is 11.8. The Balaban J connectivity index is 1.08. The first-order valence-corrected chi connectivity index (χ1v) is 16.4. The van der Waals surface area contributed by atoms with Crippen molar-refractivity contribution in [2.45, 2.75) is 6.23 Å². The van der Waals surface area contributed by atoms with Crippen LogP contribution in [0.3, 0.4) is 0 Å². The van der Waals surface area contributed by atoms with Gasteiger partial charge in [-0.15, -0.1) is 0 Å². The summed E-state index contributed by atoms with van der Waals surface area (Å²) < 4.78 is 6.59. The summed E-state index contributed by atoms with van der Waals surface area (Å²) in [6, 6.07) is 64.5. The molecule has 1 atom stereocenters. The van der Waals surface area contributed by atoms with E-state index < -0.39 is 0 Å². The zero-order valence-corrected chi connectivity index (χ0v) is 26.3. The quantitative estimate of drug-likeness (QED) is 0.201. The van der Waals surface area contributed by atoms with Crippen LogP contribution in [0.1, 0.15) is 11.8 Å². The summed E-state index contributed by atoms with van der Waals surface area (Å²) in [5.74, 6) is 0.901. The van der Waals surface area contributed by atoms with Crippen molar-refractivity contribution in [1.82, 2.24) is 0 Å². The molecule has 1 aliphatic rings. The molecule has 0 aromatic heterocycles. The van der Waals surface area contributed by atoms with Crippen LogP contribution in [0.25, 0.3) is 43.8 Å². The standard InChI is InChI=1S/C45H32N2O/c1-3-12-35(13-4-1)45-46-42-30-25-34-15-10-20-41(43(34)44(42)48-45)33-23-28-38(29-24-33)47(36-16-5-2-6-17-36)37-26-21-32(22-27-37)40-19-9-14-31-11-7-8-18-39(31)40/h1-30,45-46H. The molecule has 0 bridgehead atoms. The lowest BCUT2D eigenvalue weighted by atomic mass is 9.96. The third-order valence-corrected chi connectivity index (χ3v) is 9.30. The maximum Gasteiger partial charge on any atom is 0.196 e. The number of rotatable bonds is 6. The highest BCUT2D eigenvalue weighted by atomic mass is 16.5. The largest absolute Gasteiger partial charge is 0.464 e. The van der Waals surface area contributed by atoms with Crippen LogP contribution in [0.15, 0.2) is 182 Å². The predicted molar refractivity (Wildman–Crippen MR) is 200 cm³/mol. The van der Waals surface area contributed by atoms with Gasteiger partial charge in [0, 0.05) is 28.0 Å². The van der Waals surface area contributed by atoms with Crippen LogP contribution in [0.2, 0.25) is 0 Å². The molecule has 0 spiro atoms. The molecular weight excluding hydrogens is 585 g/mol. The summed E-state index contributed by atoms with van der Waals surface area (Å²) >= 11 is 0. The molecule has 3 nitrogen and oxygen atoms in total. The molecular formula is C45H32N2O. The number of hydrogen-bond donors (Lipinski definition) is 1. The van der Waals surface area contributed by atoms with Gasteiger partial charge in [0.2, 0.25) is 0 Å². The number of para-hydroxylation sites is 1. The van der Waals surface area contributed by atoms with E-state index in [1.165, 1.54) is 21.9 Å². The topological polar surface area (TPSA) is 24.5 Å². The van der Waals surface area contributed by atoms with E-state index in [9.17, 15) is 0 Å². The maximum absolute atomic E-state index is 6.59. The van der Waals surface area contributed by atoms with E-state index in [4.69, 9.17) is 4.74 Å². The summed E-state index contributed by atoms with van der Waals surface area (Å²) in [4.78, 5) is 2.31. The van der Waals surface area contributed by atoms with Gasteiger partial charge in [0.25, 0.3) is 0 Å².